The first-order valence-corrected chi connectivity index (χ1v) is 12.6. The predicted molar refractivity (Wildman–Crippen MR) is 157 cm³/mol. The zero-order valence-electron chi connectivity index (χ0n) is 21.5. The van der Waals surface area contributed by atoms with Crippen molar-refractivity contribution in [2.45, 2.75) is 0 Å². The minimum atomic E-state index is -0.367. The smallest absolute Gasteiger partial charge is 0.277 e. The highest BCUT2D eigenvalue weighted by molar-refractivity contribution is 5.87. The third kappa shape index (κ3) is 7.29. The molecule has 0 aliphatic rings. The number of carbonyl (C=O) groups excluding carboxylic acids is 2. The van der Waals surface area contributed by atoms with Crippen LogP contribution in [0.3, 0.4) is 0 Å². The van der Waals surface area contributed by atoms with Gasteiger partial charge in [-0.1, -0.05) is 84.9 Å². The molecule has 0 aliphatic carbocycles. The van der Waals surface area contributed by atoms with Crippen LogP contribution in [0, 0.1) is 0 Å². The Morgan fingerprint density at radius 2 is 0.950 bits per heavy atom. The standard InChI is InChI=1S/C32H26N4O4/c37-31(21-39-29-15-13-25-5-1-3-7-27(25)17-29)35-33-19-23-9-11-24(12-10-23)20-34-36-32(38)22-40-30-16-14-26-6-2-4-8-28(26)18-30/h1-20H,21-22H2,(H,35,37)(H,36,38)/b33-19+,34-20+. The van der Waals surface area contributed by atoms with Crippen LogP contribution in [-0.4, -0.2) is 37.5 Å². The second-order valence-electron chi connectivity index (χ2n) is 8.85. The van der Waals surface area contributed by atoms with E-state index in [0.717, 1.165) is 32.7 Å². The van der Waals surface area contributed by atoms with Crippen molar-refractivity contribution in [1.29, 1.82) is 0 Å². The van der Waals surface area contributed by atoms with Crippen LogP contribution in [0.25, 0.3) is 21.5 Å². The summed E-state index contributed by atoms with van der Waals surface area (Å²) in [6.45, 7) is -0.297. The molecule has 2 amide bonds. The van der Waals surface area contributed by atoms with Crippen molar-refractivity contribution in [1.82, 2.24) is 10.9 Å². The largest absolute Gasteiger partial charge is 0.484 e. The lowest BCUT2D eigenvalue weighted by Gasteiger charge is -2.06. The summed E-state index contributed by atoms with van der Waals surface area (Å²) in [5.74, 6) is 0.495. The highest BCUT2D eigenvalue weighted by Crippen LogP contribution is 2.21. The molecular weight excluding hydrogens is 504 g/mol. The van der Waals surface area contributed by atoms with Crippen LogP contribution in [0.15, 0.2) is 119 Å². The molecule has 0 aromatic heterocycles. The number of hydrogen-bond donors (Lipinski definition) is 2. The van der Waals surface area contributed by atoms with Gasteiger partial charge in [-0.2, -0.15) is 10.2 Å². The number of hydrogen-bond acceptors (Lipinski definition) is 6. The summed E-state index contributed by atoms with van der Waals surface area (Å²) in [6.07, 6.45) is 3.06. The Hall–Kier alpha value is -5.50. The molecule has 0 unspecified atom stereocenters. The molecule has 0 heterocycles. The van der Waals surface area contributed by atoms with Crippen LogP contribution >= 0.6 is 0 Å². The summed E-state index contributed by atoms with van der Waals surface area (Å²) in [5, 5.41) is 12.2. The van der Waals surface area contributed by atoms with Gasteiger partial charge in [0.05, 0.1) is 12.4 Å². The molecular formula is C32H26N4O4. The number of nitrogens with one attached hydrogen (secondary N) is 2. The zero-order chi connectivity index (χ0) is 27.6. The Morgan fingerprint density at radius 1 is 0.550 bits per heavy atom. The first-order valence-electron chi connectivity index (χ1n) is 12.6. The summed E-state index contributed by atoms with van der Waals surface area (Å²) < 4.78 is 11.1. The van der Waals surface area contributed by atoms with E-state index in [9.17, 15) is 9.59 Å². The first-order chi connectivity index (χ1) is 19.6. The minimum absolute atomic E-state index is 0.149. The number of amides is 2. The molecule has 5 aromatic carbocycles. The molecule has 0 bridgehead atoms. The lowest BCUT2D eigenvalue weighted by molar-refractivity contribution is -0.123. The first kappa shape index (κ1) is 26.1. The molecule has 0 spiro atoms. The highest BCUT2D eigenvalue weighted by Gasteiger charge is 2.04. The van der Waals surface area contributed by atoms with Gasteiger partial charge in [-0.15, -0.1) is 0 Å². The second-order valence-corrected chi connectivity index (χ2v) is 8.85. The van der Waals surface area contributed by atoms with Crippen molar-refractivity contribution in [3.05, 3.63) is 120 Å². The Morgan fingerprint density at radius 3 is 1.38 bits per heavy atom. The van der Waals surface area contributed by atoms with E-state index in [1.165, 1.54) is 12.4 Å². The molecule has 198 valence electrons. The lowest BCUT2D eigenvalue weighted by Crippen LogP contribution is -2.24. The van der Waals surface area contributed by atoms with E-state index < -0.39 is 0 Å². The predicted octanol–water partition coefficient (Wildman–Crippen LogP) is 5.05. The number of hydrazone groups is 2. The van der Waals surface area contributed by atoms with Crippen molar-refractivity contribution in [3.8, 4) is 11.5 Å². The van der Waals surface area contributed by atoms with E-state index in [4.69, 9.17) is 9.47 Å². The Kier molecular flexibility index (Phi) is 8.38. The van der Waals surface area contributed by atoms with E-state index in [1.54, 1.807) is 0 Å². The average Bonchev–Trinajstić information content (AvgIpc) is 2.99. The molecule has 0 saturated heterocycles. The fourth-order valence-corrected chi connectivity index (χ4v) is 3.90. The number of nitrogens with zero attached hydrogens (tertiary/aromatic N) is 2. The maximum absolute atomic E-state index is 12.1. The molecule has 0 atom stereocenters. The third-order valence-electron chi connectivity index (χ3n) is 5.92. The van der Waals surface area contributed by atoms with Gasteiger partial charge in [-0.25, -0.2) is 10.9 Å². The summed E-state index contributed by atoms with van der Waals surface area (Å²) in [7, 11) is 0. The molecule has 2 N–H and O–H groups in total. The molecule has 0 aliphatic heterocycles. The van der Waals surface area contributed by atoms with Gasteiger partial charge in [0.1, 0.15) is 11.5 Å². The quantitative estimate of drug-likeness (QED) is 0.195. The van der Waals surface area contributed by atoms with E-state index in [0.29, 0.717) is 11.5 Å². The van der Waals surface area contributed by atoms with E-state index in [2.05, 4.69) is 21.1 Å². The number of ether oxygens (including phenoxy) is 2. The van der Waals surface area contributed by atoms with Crippen LogP contribution in [0.5, 0.6) is 11.5 Å². The number of rotatable bonds is 10. The van der Waals surface area contributed by atoms with E-state index in [-0.39, 0.29) is 25.0 Å². The zero-order valence-corrected chi connectivity index (χ0v) is 21.5. The molecule has 0 saturated carbocycles. The van der Waals surface area contributed by atoms with Crippen molar-refractivity contribution in [2.75, 3.05) is 13.2 Å². The van der Waals surface area contributed by atoms with Crippen molar-refractivity contribution >= 4 is 45.8 Å². The van der Waals surface area contributed by atoms with Gasteiger partial charge in [0.15, 0.2) is 13.2 Å². The highest BCUT2D eigenvalue weighted by atomic mass is 16.5. The van der Waals surface area contributed by atoms with Crippen molar-refractivity contribution in [2.24, 2.45) is 10.2 Å². The second kappa shape index (κ2) is 12.8. The van der Waals surface area contributed by atoms with Crippen LogP contribution < -0.4 is 20.3 Å². The van der Waals surface area contributed by atoms with E-state index >= 15 is 0 Å². The molecule has 5 aromatic rings. The fraction of sp³-hybridized carbons (Fsp3) is 0.0625. The van der Waals surface area contributed by atoms with Crippen LogP contribution in [0.2, 0.25) is 0 Å². The van der Waals surface area contributed by atoms with Gasteiger partial charge in [-0.05, 0) is 56.9 Å². The SMILES string of the molecule is O=C(COc1ccc2ccccc2c1)N/N=C/c1ccc(/C=N/NC(=O)COc2ccc3ccccc3c2)cc1. The summed E-state index contributed by atoms with van der Waals surface area (Å²) in [6, 6.07) is 34.5. The van der Waals surface area contributed by atoms with Crippen molar-refractivity contribution in [3.63, 3.8) is 0 Å². The monoisotopic (exact) mass is 530 g/mol. The molecule has 8 nitrogen and oxygen atoms in total. The molecule has 8 heteroatoms. The number of benzene rings is 5. The molecule has 40 heavy (non-hydrogen) atoms. The number of carbonyl (C=O) groups is 2. The maximum atomic E-state index is 12.1. The lowest BCUT2D eigenvalue weighted by atomic mass is 10.1. The summed E-state index contributed by atoms with van der Waals surface area (Å²) in [4.78, 5) is 24.1. The Labute approximate surface area is 230 Å². The van der Waals surface area contributed by atoms with Gasteiger partial charge in [-0.3, -0.25) is 9.59 Å². The summed E-state index contributed by atoms with van der Waals surface area (Å²) in [5.41, 5.74) is 6.46. The maximum Gasteiger partial charge on any atom is 0.277 e. The fourth-order valence-electron chi connectivity index (χ4n) is 3.90. The normalized spacial score (nSPS) is 11.2. The van der Waals surface area contributed by atoms with Gasteiger partial charge < -0.3 is 9.47 Å². The van der Waals surface area contributed by atoms with Gasteiger partial charge in [0.25, 0.3) is 11.8 Å². The minimum Gasteiger partial charge on any atom is -0.484 e. The third-order valence-corrected chi connectivity index (χ3v) is 5.92. The van der Waals surface area contributed by atoms with Crippen LogP contribution in [-0.2, 0) is 9.59 Å². The van der Waals surface area contributed by atoms with Crippen LogP contribution in [0.1, 0.15) is 11.1 Å². The Bertz CT molecular complexity index is 1570. The molecule has 0 fully saturated rings. The van der Waals surface area contributed by atoms with Gasteiger partial charge in [0, 0.05) is 0 Å². The summed E-state index contributed by atoms with van der Waals surface area (Å²) >= 11 is 0. The Balaban J connectivity index is 1.02. The average molecular weight is 531 g/mol. The van der Waals surface area contributed by atoms with Crippen molar-refractivity contribution < 1.29 is 19.1 Å². The van der Waals surface area contributed by atoms with Gasteiger partial charge in [0.2, 0.25) is 0 Å². The number of fused-ring (bicyclic) bond motifs is 2. The topological polar surface area (TPSA) is 101 Å². The van der Waals surface area contributed by atoms with Crippen LogP contribution in [0.4, 0.5) is 0 Å². The molecule has 0 radical (unpaired) electrons. The van der Waals surface area contributed by atoms with E-state index in [1.807, 2.05) is 109 Å². The molecule has 5 rings (SSSR count). The van der Waals surface area contributed by atoms with Gasteiger partial charge >= 0.3 is 0 Å².